The minimum Gasteiger partial charge on any atom is -0.465 e. The molecule has 2 rings (SSSR count). The Bertz CT molecular complexity index is 533. The third-order valence-electron chi connectivity index (χ3n) is 4.23. The van der Waals surface area contributed by atoms with Gasteiger partial charge in [-0.2, -0.15) is 0 Å². The molecule has 0 heterocycles. The van der Waals surface area contributed by atoms with Crippen molar-refractivity contribution in [3.05, 3.63) is 29.3 Å². The lowest BCUT2D eigenvalue weighted by Gasteiger charge is -2.34. The van der Waals surface area contributed by atoms with E-state index in [1.165, 1.54) is 13.2 Å². The van der Waals surface area contributed by atoms with Gasteiger partial charge >= 0.3 is 5.97 Å². The van der Waals surface area contributed by atoms with Crippen LogP contribution in [0.4, 0.5) is 14.5 Å². The Morgan fingerprint density at radius 2 is 1.95 bits per heavy atom. The van der Waals surface area contributed by atoms with E-state index in [2.05, 4.69) is 23.9 Å². The molecule has 3 unspecified atom stereocenters. The molecular weight excluding hydrogens is 276 g/mol. The van der Waals surface area contributed by atoms with Crippen molar-refractivity contribution in [3.63, 3.8) is 0 Å². The van der Waals surface area contributed by atoms with Crippen LogP contribution < -0.4 is 5.32 Å². The van der Waals surface area contributed by atoms with E-state index in [9.17, 15) is 13.6 Å². The number of carbonyl (C=O) groups is 1. The Balaban J connectivity index is 2.21. The predicted molar refractivity (Wildman–Crippen MR) is 77.3 cm³/mol. The summed E-state index contributed by atoms with van der Waals surface area (Å²) < 4.78 is 32.0. The molecule has 1 fully saturated rings. The average molecular weight is 297 g/mol. The number of rotatable bonds is 3. The van der Waals surface area contributed by atoms with E-state index in [-0.39, 0.29) is 17.3 Å². The van der Waals surface area contributed by atoms with Gasteiger partial charge < -0.3 is 10.1 Å². The van der Waals surface area contributed by atoms with Gasteiger partial charge in [0, 0.05) is 12.1 Å². The molecule has 1 aliphatic rings. The number of anilines is 1. The van der Waals surface area contributed by atoms with Crippen LogP contribution in [0.5, 0.6) is 0 Å². The summed E-state index contributed by atoms with van der Waals surface area (Å²) >= 11 is 0. The Hall–Kier alpha value is -1.65. The normalized spacial score (nSPS) is 25.5. The van der Waals surface area contributed by atoms with Gasteiger partial charge in [0.05, 0.1) is 18.4 Å². The van der Waals surface area contributed by atoms with Gasteiger partial charge in [0.2, 0.25) is 0 Å². The van der Waals surface area contributed by atoms with Gasteiger partial charge in [-0.3, -0.25) is 0 Å². The van der Waals surface area contributed by atoms with E-state index in [1.807, 2.05) is 0 Å². The van der Waals surface area contributed by atoms with E-state index in [0.717, 1.165) is 25.3 Å². The van der Waals surface area contributed by atoms with Crippen molar-refractivity contribution in [2.45, 2.75) is 39.2 Å². The summed E-state index contributed by atoms with van der Waals surface area (Å²) in [4.78, 5) is 11.5. The van der Waals surface area contributed by atoms with E-state index < -0.39 is 17.6 Å². The van der Waals surface area contributed by atoms with Crippen LogP contribution in [-0.4, -0.2) is 19.1 Å². The highest BCUT2D eigenvalue weighted by molar-refractivity contribution is 5.90. The fraction of sp³-hybridized carbons (Fsp3) is 0.562. The minimum absolute atomic E-state index is 0.131. The molecule has 3 nitrogen and oxygen atoms in total. The largest absolute Gasteiger partial charge is 0.465 e. The molecule has 1 aliphatic carbocycles. The van der Waals surface area contributed by atoms with E-state index >= 15 is 0 Å². The van der Waals surface area contributed by atoms with Crippen molar-refractivity contribution in [2.75, 3.05) is 12.4 Å². The molecule has 0 bridgehead atoms. The fourth-order valence-corrected chi connectivity index (χ4v) is 3.01. The van der Waals surface area contributed by atoms with Gasteiger partial charge in [0.25, 0.3) is 0 Å². The minimum atomic E-state index is -0.907. The fourth-order valence-electron chi connectivity index (χ4n) is 3.01. The molecule has 3 atom stereocenters. The summed E-state index contributed by atoms with van der Waals surface area (Å²) in [6.45, 7) is 4.33. The maximum absolute atomic E-state index is 13.9. The molecule has 21 heavy (non-hydrogen) atoms. The van der Waals surface area contributed by atoms with E-state index in [0.29, 0.717) is 11.8 Å². The van der Waals surface area contributed by atoms with Gasteiger partial charge in [-0.25, -0.2) is 13.6 Å². The Kier molecular flexibility index (Phi) is 4.80. The molecule has 1 aromatic rings. The number of hydrogen-bond donors (Lipinski definition) is 1. The van der Waals surface area contributed by atoms with Crippen molar-refractivity contribution in [1.29, 1.82) is 0 Å². The molecule has 0 aliphatic heterocycles. The Morgan fingerprint density at radius 3 is 2.57 bits per heavy atom. The van der Waals surface area contributed by atoms with Crippen LogP contribution in [0.15, 0.2) is 12.1 Å². The van der Waals surface area contributed by atoms with Crippen LogP contribution in [0.25, 0.3) is 0 Å². The van der Waals surface area contributed by atoms with Gasteiger partial charge in [0.15, 0.2) is 0 Å². The number of benzene rings is 1. The van der Waals surface area contributed by atoms with Gasteiger partial charge in [0.1, 0.15) is 11.6 Å². The second kappa shape index (κ2) is 6.41. The maximum Gasteiger partial charge on any atom is 0.340 e. The third kappa shape index (κ3) is 3.52. The third-order valence-corrected chi connectivity index (χ3v) is 4.23. The molecule has 5 heteroatoms. The molecule has 116 valence electrons. The lowest BCUT2D eigenvalue weighted by Crippen LogP contribution is -2.33. The number of halogens is 2. The van der Waals surface area contributed by atoms with Crippen LogP contribution in [0, 0.1) is 23.5 Å². The van der Waals surface area contributed by atoms with Gasteiger partial charge in [-0.05, 0) is 37.2 Å². The molecule has 1 saturated carbocycles. The molecular formula is C16H21F2NO2. The summed E-state index contributed by atoms with van der Waals surface area (Å²) in [5.41, 5.74) is -0.0959. The van der Waals surface area contributed by atoms with Crippen molar-refractivity contribution < 1.29 is 18.3 Å². The lowest BCUT2D eigenvalue weighted by molar-refractivity contribution is 0.0595. The van der Waals surface area contributed by atoms with Crippen LogP contribution in [0.3, 0.4) is 0 Å². The molecule has 0 amide bonds. The number of ether oxygens (including phenoxy) is 1. The van der Waals surface area contributed by atoms with Crippen molar-refractivity contribution in [2.24, 2.45) is 11.8 Å². The first-order chi connectivity index (χ1) is 9.92. The molecule has 0 spiro atoms. The monoisotopic (exact) mass is 297 g/mol. The van der Waals surface area contributed by atoms with Gasteiger partial charge in [-0.15, -0.1) is 0 Å². The summed E-state index contributed by atoms with van der Waals surface area (Å²) in [5, 5.41) is 3.12. The van der Waals surface area contributed by atoms with Crippen molar-refractivity contribution in [3.8, 4) is 0 Å². The number of nitrogens with one attached hydrogen (secondary N) is 1. The summed E-state index contributed by atoms with van der Waals surface area (Å²) in [6, 6.07) is 2.05. The zero-order chi connectivity index (χ0) is 15.6. The Morgan fingerprint density at radius 1 is 1.24 bits per heavy atom. The first-order valence-electron chi connectivity index (χ1n) is 7.26. The summed E-state index contributed by atoms with van der Waals surface area (Å²) in [6.07, 6.45) is 3.09. The van der Waals surface area contributed by atoms with Crippen LogP contribution in [0.1, 0.15) is 43.5 Å². The quantitative estimate of drug-likeness (QED) is 0.857. The first-order valence-corrected chi connectivity index (χ1v) is 7.26. The SMILES string of the molecule is COC(=O)c1cc(NC2CCC(C)CC2C)c(F)cc1F. The highest BCUT2D eigenvalue weighted by Gasteiger charge is 2.26. The summed E-state index contributed by atoms with van der Waals surface area (Å²) in [5.74, 6) is -1.33. The van der Waals surface area contributed by atoms with Crippen LogP contribution in [-0.2, 0) is 4.74 Å². The molecule has 0 saturated heterocycles. The Labute approximate surface area is 123 Å². The summed E-state index contributed by atoms with van der Waals surface area (Å²) in [7, 11) is 1.17. The molecule has 0 aromatic heterocycles. The van der Waals surface area contributed by atoms with Crippen LogP contribution in [0.2, 0.25) is 0 Å². The smallest absolute Gasteiger partial charge is 0.340 e. The number of esters is 1. The maximum atomic E-state index is 13.9. The standard InChI is InChI=1S/C16H21F2NO2/c1-9-4-5-14(10(2)6-9)19-15-7-11(16(20)21-3)12(17)8-13(15)18/h7-10,14,19H,4-6H2,1-3H3. The second-order valence-corrected chi connectivity index (χ2v) is 5.95. The number of methoxy groups -OCH3 is 1. The number of carbonyl (C=O) groups excluding carboxylic acids is 1. The van der Waals surface area contributed by atoms with E-state index in [4.69, 9.17) is 0 Å². The molecule has 1 N–H and O–H groups in total. The average Bonchev–Trinajstić information content (AvgIpc) is 2.43. The number of hydrogen-bond acceptors (Lipinski definition) is 3. The zero-order valence-electron chi connectivity index (χ0n) is 12.6. The topological polar surface area (TPSA) is 38.3 Å². The lowest BCUT2D eigenvalue weighted by atomic mass is 9.80. The van der Waals surface area contributed by atoms with E-state index in [1.54, 1.807) is 0 Å². The highest BCUT2D eigenvalue weighted by atomic mass is 19.1. The first kappa shape index (κ1) is 15.7. The highest BCUT2D eigenvalue weighted by Crippen LogP contribution is 2.32. The predicted octanol–water partition coefficient (Wildman–Crippen LogP) is 3.99. The second-order valence-electron chi connectivity index (χ2n) is 5.95. The molecule has 1 aromatic carbocycles. The zero-order valence-corrected chi connectivity index (χ0v) is 12.6. The molecule has 0 radical (unpaired) electrons. The van der Waals surface area contributed by atoms with Crippen LogP contribution >= 0.6 is 0 Å². The van der Waals surface area contributed by atoms with Gasteiger partial charge in [-0.1, -0.05) is 13.8 Å². The van der Waals surface area contributed by atoms with Crippen molar-refractivity contribution in [1.82, 2.24) is 0 Å². The van der Waals surface area contributed by atoms with Crippen molar-refractivity contribution >= 4 is 11.7 Å².